The van der Waals surface area contributed by atoms with Crippen LogP contribution in [-0.4, -0.2) is 9.36 Å². The monoisotopic (exact) mass is 282 g/mol. The minimum absolute atomic E-state index is 0.267. The zero-order chi connectivity index (χ0) is 14.0. The Hall–Kier alpha value is -0.440. The minimum atomic E-state index is 0.267. The quantitative estimate of drug-likeness (QED) is 0.484. The first-order valence-electron chi connectivity index (χ1n) is 8.00. The van der Waals surface area contributed by atoms with E-state index in [0.717, 1.165) is 0 Å². The molecule has 0 fully saturated rings. The molecule has 0 atom stereocenters. The third-order valence-corrected chi connectivity index (χ3v) is 5.01. The van der Waals surface area contributed by atoms with Crippen molar-refractivity contribution in [3.63, 3.8) is 0 Å². The molecule has 1 heterocycles. The highest BCUT2D eigenvalue weighted by molar-refractivity contribution is 7.05. The van der Waals surface area contributed by atoms with Gasteiger partial charge >= 0.3 is 0 Å². The molecule has 1 aromatic heterocycles. The maximum Gasteiger partial charge on any atom is 0.129 e. The number of nitrogens with zero attached hydrogens (tertiary/aromatic N) is 2. The molecule has 2 nitrogen and oxygen atoms in total. The van der Waals surface area contributed by atoms with E-state index in [1.807, 2.05) is 0 Å². The van der Waals surface area contributed by atoms with Crippen molar-refractivity contribution in [1.82, 2.24) is 9.36 Å². The summed E-state index contributed by atoms with van der Waals surface area (Å²) in [7, 11) is 0. The molecule has 0 aliphatic rings. The van der Waals surface area contributed by atoms with E-state index in [0.29, 0.717) is 0 Å². The molecular weight excluding hydrogens is 252 g/mol. The van der Waals surface area contributed by atoms with E-state index in [4.69, 9.17) is 0 Å². The maximum atomic E-state index is 4.49. The van der Waals surface area contributed by atoms with Gasteiger partial charge in [-0.1, -0.05) is 72.1 Å². The summed E-state index contributed by atoms with van der Waals surface area (Å²) in [5.41, 5.74) is 0.267. The largest absolute Gasteiger partial charge is 0.227 e. The summed E-state index contributed by atoms with van der Waals surface area (Å²) in [6.45, 7) is 6.94. The summed E-state index contributed by atoms with van der Waals surface area (Å²) in [5, 5.41) is 1.25. The summed E-state index contributed by atoms with van der Waals surface area (Å²) in [6.07, 6.45) is 15.0. The SMILES string of the molecule is CCCCCCC(C)(CCCCCC)c1ncns1. The Morgan fingerprint density at radius 2 is 1.53 bits per heavy atom. The Kier molecular flexibility index (Phi) is 8.27. The molecule has 0 aromatic carbocycles. The Morgan fingerprint density at radius 3 is 1.95 bits per heavy atom. The Bertz CT molecular complexity index is 297. The van der Waals surface area contributed by atoms with E-state index in [1.165, 1.54) is 69.2 Å². The van der Waals surface area contributed by atoms with E-state index >= 15 is 0 Å². The van der Waals surface area contributed by atoms with Crippen LogP contribution in [0.25, 0.3) is 0 Å². The van der Waals surface area contributed by atoms with Crippen molar-refractivity contribution in [2.75, 3.05) is 0 Å². The van der Waals surface area contributed by atoms with Crippen molar-refractivity contribution in [2.45, 2.75) is 90.4 Å². The molecule has 0 saturated heterocycles. The van der Waals surface area contributed by atoms with Gasteiger partial charge in [0.2, 0.25) is 0 Å². The van der Waals surface area contributed by atoms with Gasteiger partial charge in [-0.25, -0.2) is 4.98 Å². The van der Waals surface area contributed by atoms with E-state index in [2.05, 4.69) is 30.1 Å². The van der Waals surface area contributed by atoms with E-state index in [1.54, 1.807) is 17.9 Å². The zero-order valence-corrected chi connectivity index (χ0v) is 13.8. The molecule has 0 radical (unpaired) electrons. The Morgan fingerprint density at radius 1 is 0.947 bits per heavy atom. The molecule has 0 unspecified atom stereocenters. The highest BCUT2D eigenvalue weighted by atomic mass is 32.1. The van der Waals surface area contributed by atoms with Gasteiger partial charge in [0.1, 0.15) is 11.3 Å². The molecule has 19 heavy (non-hydrogen) atoms. The smallest absolute Gasteiger partial charge is 0.129 e. The molecule has 1 aromatic rings. The van der Waals surface area contributed by atoms with Gasteiger partial charge in [-0.15, -0.1) is 0 Å². The number of unbranched alkanes of at least 4 members (excludes halogenated alkanes) is 6. The minimum Gasteiger partial charge on any atom is -0.227 e. The fourth-order valence-corrected chi connectivity index (χ4v) is 3.37. The van der Waals surface area contributed by atoms with Gasteiger partial charge in [-0.3, -0.25) is 0 Å². The molecule has 3 heteroatoms. The van der Waals surface area contributed by atoms with E-state index in [-0.39, 0.29) is 5.41 Å². The van der Waals surface area contributed by atoms with E-state index in [9.17, 15) is 0 Å². The lowest BCUT2D eigenvalue weighted by molar-refractivity contribution is 0.363. The number of rotatable bonds is 11. The standard InChI is InChI=1S/C16H30N2S/c1-4-6-8-10-12-16(3,13-11-9-7-5-2)15-17-14-18-19-15/h14H,4-13H2,1-3H3. The van der Waals surface area contributed by atoms with Crippen molar-refractivity contribution in [3.8, 4) is 0 Å². The summed E-state index contributed by atoms with van der Waals surface area (Å²) in [6, 6.07) is 0. The van der Waals surface area contributed by atoms with Gasteiger partial charge in [0, 0.05) is 5.41 Å². The van der Waals surface area contributed by atoms with Crippen LogP contribution in [-0.2, 0) is 5.41 Å². The summed E-state index contributed by atoms with van der Waals surface area (Å²) >= 11 is 1.60. The van der Waals surface area contributed by atoms with Crippen molar-refractivity contribution < 1.29 is 0 Å². The van der Waals surface area contributed by atoms with Gasteiger partial charge in [-0.2, -0.15) is 4.37 Å². The normalized spacial score (nSPS) is 11.9. The van der Waals surface area contributed by atoms with E-state index < -0.39 is 0 Å². The first-order valence-corrected chi connectivity index (χ1v) is 8.77. The molecule has 0 aliphatic carbocycles. The van der Waals surface area contributed by atoms with Crippen molar-refractivity contribution >= 4 is 11.5 Å². The lowest BCUT2D eigenvalue weighted by atomic mass is 9.80. The lowest BCUT2D eigenvalue weighted by Crippen LogP contribution is -2.21. The van der Waals surface area contributed by atoms with Crippen LogP contribution in [0.1, 0.15) is 90.0 Å². The van der Waals surface area contributed by atoms with Crippen LogP contribution in [0.5, 0.6) is 0 Å². The van der Waals surface area contributed by atoms with Gasteiger partial charge in [0.25, 0.3) is 0 Å². The van der Waals surface area contributed by atoms with Crippen molar-refractivity contribution in [3.05, 3.63) is 11.3 Å². The Balaban J connectivity index is 2.47. The predicted molar refractivity (Wildman–Crippen MR) is 84.8 cm³/mol. The molecule has 110 valence electrons. The van der Waals surface area contributed by atoms with Crippen LogP contribution in [0.4, 0.5) is 0 Å². The van der Waals surface area contributed by atoms with Crippen LogP contribution in [0, 0.1) is 0 Å². The molecule has 0 spiro atoms. The van der Waals surface area contributed by atoms with Crippen LogP contribution < -0.4 is 0 Å². The molecule has 0 N–H and O–H groups in total. The number of hydrogen-bond donors (Lipinski definition) is 0. The average molecular weight is 282 g/mol. The predicted octanol–water partition coefficient (Wildman–Crippen LogP) is 5.74. The first-order chi connectivity index (χ1) is 9.23. The van der Waals surface area contributed by atoms with Crippen LogP contribution >= 0.6 is 11.5 Å². The molecule has 1 rings (SSSR count). The summed E-state index contributed by atoms with van der Waals surface area (Å²) in [4.78, 5) is 4.49. The molecule has 0 aliphatic heterocycles. The second-order valence-corrected chi connectivity index (χ2v) is 6.71. The summed E-state index contributed by atoms with van der Waals surface area (Å²) in [5.74, 6) is 0. The Labute approximate surface area is 123 Å². The first kappa shape index (κ1) is 16.6. The van der Waals surface area contributed by atoms with Gasteiger partial charge in [0.05, 0.1) is 0 Å². The van der Waals surface area contributed by atoms with Crippen LogP contribution in [0.3, 0.4) is 0 Å². The van der Waals surface area contributed by atoms with Gasteiger partial charge < -0.3 is 0 Å². The fraction of sp³-hybridized carbons (Fsp3) is 0.875. The van der Waals surface area contributed by atoms with Crippen LogP contribution in [0.2, 0.25) is 0 Å². The molecular formula is C16H30N2S. The second kappa shape index (κ2) is 9.46. The highest BCUT2D eigenvalue weighted by Crippen LogP contribution is 2.35. The molecule has 0 bridgehead atoms. The highest BCUT2D eigenvalue weighted by Gasteiger charge is 2.28. The zero-order valence-electron chi connectivity index (χ0n) is 13.0. The maximum absolute atomic E-state index is 4.49. The summed E-state index contributed by atoms with van der Waals surface area (Å²) < 4.78 is 4.21. The van der Waals surface area contributed by atoms with Gasteiger partial charge in [0.15, 0.2) is 0 Å². The topological polar surface area (TPSA) is 25.8 Å². The van der Waals surface area contributed by atoms with Crippen LogP contribution in [0.15, 0.2) is 6.33 Å². The van der Waals surface area contributed by atoms with Crippen molar-refractivity contribution in [2.24, 2.45) is 0 Å². The molecule has 0 amide bonds. The lowest BCUT2D eigenvalue weighted by Gasteiger charge is -2.27. The molecule has 0 saturated carbocycles. The number of aromatic nitrogens is 2. The van der Waals surface area contributed by atoms with Gasteiger partial charge in [-0.05, 0) is 24.4 Å². The van der Waals surface area contributed by atoms with Crippen molar-refractivity contribution in [1.29, 1.82) is 0 Å². The average Bonchev–Trinajstić information content (AvgIpc) is 2.95. The number of hydrogen-bond acceptors (Lipinski definition) is 3. The third-order valence-electron chi connectivity index (χ3n) is 4.04. The third kappa shape index (κ3) is 6.03. The fourth-order valence-electron chi connectivity index (χ4n) is 2.66. The second-order valence-electron chi connectivity index (χ2n) is 5.93.